The second kappa shape index (κ2) is 14.9. The van der Waals surface area contributed by atoms with Gasteiger partial charge in [-0.25, -0.2) is 4.79 Å². The number of ether oxygens (including phenoxy) is 3. The zero-order chi connectivity index (χ0) is 35.6. The second-order valence-corrected chi connectivity index (χ2v) is 14.4. The first-order chi connectivity index (χ1) is 24.0. The number of nitrogens with zero attached hydrogens (tertiary/aromatic N) is 3. The molecule has 272 valence electrons. The molecule has 2 fully saturated rings. The van der Waals surface area contributed by atoms with Crippen LogP contribution in [-0.2, 0) is 31.0 Å². The molecule has 1 aromatic carbocycles. The fourth-order valence-corrected chi connectivity index (χ4v) is 8.98. The van der Waals surface area contributed by atoms with E-state index < -0.39 is 18.1 Å². The average Bonchev–Trinajstić information content (AvgIpc) is 3.45. The number of nitrogens with two attached hydrogens (primary N) is 2. The SMILES string of the molecule is COc1ccc2c3c1O[C@H]1C(OC(=O)N4CCCC[C@@H]4CNC(=O)[C@H](CCCN=C(N)N)CC(=O)CNC(C)=O)=CCC4[C@@H](C2)N(C)CC[C@@]341. The molecule has 5 aliphatic rings. The summed E-state index contributed by atoms with van der Waals surface area (Å²) >= 11 is 0. The molecule has 1 unspecified atom stereocenters. The van der Waals surface area contributed by atoms with E-state index in [4.69, 9.17) is 25.7 Å². The maximum Gasteiger partial charge on any atom is 0.415 e. The highest BCUT2D eigenvalue weighted by Gasteiger charge is 2.65. The van der Waals surface area contributed by atoms with Crippen molar-refractivity contribution < 1.29 is 33.4 Å². The molecule has 50 heavy (non-hydrogen) atoms. The van der Waals surface area contributed by atoms with Gasteiger partial charge in [0.1, 0.15) is 5.76 Å². The maximum absolute atomic E-state index is 14.0. The van der Waals surface area contributed by atoms with Gasteiger partial charge in [-0.15, -0.1) is 0 Å². The number of aliphatic imine (C=N–C) groups is 1. The quantitative estimate of drug-likeness (QED) is 0.134. The van der Waals surface area contributed by atoms with Gasteiger partial charge in [-0.1, -0.05) is 6.07 Å². The van der Waals surface area contributed by atoms with Crippen LogP contribution in [0.15, 0.2) is 29.0 Å². The Labute approximate surface area is 293 Å². The molecule has 2 aliphatic carbocycles. The number of likely N-dealkylation sites (tertiary alicyclic amines) is 2. The molecule has 14 nitrogen and oxygen atoms in total. The highest BCUT2D eigenvalue weighted by Crippen LogP contribution is 2.63. The van der Waals surface area contributed by atoms with Crippen LogP contribution < -0.4 is 31.6 Å². The minimum absolute atomic E-state index is 0.0335. The number of rotatable bonds is 13. The fraction of sp³-hybridized carbons (Fsp3) is 0.639. The van der Waals surface area contributed by atoms with Crippen LogP contribution in [0.2, 0.25) is 0 Å². The van der Waals surface area contributed by atoms with E-state index in [0.717, 1.165) is 44.4 Å². The molecule has 2 bridgehead atoms. The number of likely N-dealkylation sites (N-methyl/N-ethyl adjacent to an activating group) is 1. The number of methoxy groups -OCH3 is 1. The molecule has 1 aromatic rings. The molecular formula is C36H51N7O7. The number of benzene rings is 1. The highest BCUT2D eigenvalue weighted by atomic mass is 16.6. The summed E-state index contributed by atoms with van der Waals surface area (Å²) in [5.41, 5.74) is 13.1. The minimum atomic E-state index is -0.633. The third kappa shape index (κ3) is 6.86. The molecule has 3 aliphatic heterocycles. The lowest BCUT2D eigenvalue weighted by Gasteiger charge is -2.56. The van der Waals surface area contributed by atoms with Gasteiger partial charge in [0.25, 0.3) is 0 Å². The predicted molar refractivity (Wildman–Crippen MR) is 186 cm³/mol. The van der Waals surface area contributed by atoms with Crippen LogP contribution in [0, 0.1) is 11.8 Å². The first-order valence-electron chi connectivity index (χ1n) is 17.9. The van der Waals surface area contributed by atoms with E-state index in [9.17, 15) is 19.2 Å². The van der Waals surface area contributed by atoms with Gasteiger partial charge < -0.3 is 46.1 Å². The van der Waals surface area contributed by atoms with E-state index in [-0.39, 0.29) is 54.5 Å². The predicted octanol–water partition coefficient (Wildman–Crippen LogP) is 1.73. The molecule has 1 spiro atoms. The average molecular weight is 694 g/mol. The Hall–Kier alpha value is -4.33. The third-order valence-electron chi connectivity index (χ3n) is 11.4. The van der Waals surface area contributed by atoms with Crippen LogP contribution in [0.5, 0.6) is 11.5 Å². The lowest BCUT2D eigenvalue weighted by atomic mass is 9.53. The standard InChI is InChI=1S/C36H51N7O7/c1-21(44)40-20-25(45)17-23(7-6-14-39-34(37)38)33(46)41-19-24-8-4-5-15-43(24)35(47)49-29-12-10-26-27-18-22-9-11-28(48-3)31-30(22)36(26,32(29)50-31)13-16-42(27)2/h9,11-12,23-24,26-27,32H,4-8,10,13-20H2,1-3H3,(H,40,44)(H,41,46)(H4,37,38,39)/t23-,24-,26?,27-,32+,36+/m1/s1. The lowest BCUT2D eigenvalue weighted by Crippen LogP contribution is -2.63. The Bertz CT molecular complexity index is 1560. The summed E-state index contributed by atoms with van der Waals surface area (Å²) in [6, 6.07) is 4.25. The second-order valence-electron chi connectivity index (χ2n) is 14.4. The molecule has 3 amide bonds. The molecule has 0 radical (unpaired) electrons. The van der Waals surface area contributed by atoms with Crippen LogP contribution in [0.3, 0.4) is 0 Å². The zero-order valence-electron chi connectivity index (χ0n) is 29.4. The molecule has 0 saturated carbocycles. The van der Waals surface area contributed by atoms with E-state index in [1.165, 1.54) is 18.1 Å². The van der Waals surface area contributed by atoms with Crippen molar-refractivity contribution in [1.29, 1.82) is 0 Å². The molecule has 6 atom stereocenters. The van der Waals surface area contributed by atoms with Crippen molar-refractivity contribution in [2.24, 2.45) is 28.3 Å². The van der Waals surface area contributed by atoms with Gasteiger partial charge in [0, 0.05) is 55.9 Å². The summed E-state index contributed by atoms with van der Waals surface area (Å²) in [5.74, 6) is 0.832. The van der Waals surface area contributed by atoms with E-state index in [1.54, 1.807) is 12.0 Å². The zero-order valence-corrected chi connectivity index (χ0v) is 29.4. The number of guanidine groups is 1. The first-order valence-corrected chi connectivity index (χ1v) is 17.9. The molecule has 6 rings (SSSR count). The van der Waals surface area contributed by atoms with E-state index in [0.29, 0.717) is 55.8 Å². The molecule has 14 heteroatoms. The summed E-state index contributed by atoms with van der Waals surface area (Å²) in [6.45, 7) is 3.18. The molecular weight excluding hydrogens is 642 g/mol. The summed E-state index contributed by atoms with van der Waals surface area (Å²) in [6.07, 6.45) is 7.11. The van der Waals surface area contributed by atoms with E-state index in [2.05, 4.69) is 33.6 Å². The van der Waals surface area contributed by atoms with Crippen molar-refractivity contribution in [3.63, 3.8) is 0 Å². The van der Waals surface area contributed by atoms with Crippen LogP contribution in [0.25, 0.3) is 0 Å². The summed E-state index contributed by atoms with van der Waals surface area (Å²) in [7, 11) is 3.86. The Morgan fingerprint density at radius 3 is 2.74 bits per heavy atom. The molecule has 3 heterocycles. The number of ketones is 1. The first kappa shape index (κ1) is 35.5. The van der Waals surface area contributed by atoms with Gasteiger partial charge in [0.2, 0.25) is 11.8 Å². The number of nitrogens with one attached hydrogen (secondary N) is 2. The molecule has 6 N–H and O–H groups in total. The Kier molecular flexibility index (Phi) is 10.6. The van der Waals surface area contributed by atoms with Crippen molar-refractivity contribution >= 4 is 29.7 Å². The number of allylic oxidation sites excluding steroid dienone is 1. The molecule has 0 aromatic heterocycles. The highest BCUT2D eigenvalue weighted by molar-refractivity contribution is 5.89. The number of Topliss-reactive ketones (excluding diaryl/α,β-unsaturated/α-hetero) is 1. The third-order valence-corrected chi connectivity index (χ3v) is 11.4. The van der Waals surface area contributed by atoms with Gasteiger partial charge in [0.15, 0.2) is 29.3 Å². The van der Waals surface area contributed by atoms with Gasteiger partial charge in [-0.2, -0.15) is 0 Å². The van der Waals surface area contributed by atoms with Crippen LogP contribution in [0.4, 0.5) is 4.79 Å². The Morgan fingerprint density at radius 1 is 1.16 bits per heavy atom. The van der Waals surface area contributed by atoms with E-state index >= 15 is 0 Å². The summed E-state index contributed by atoms with van der Waals surface area (Å²) in [5, 5.41) is 5.50. The maximum atomic E-state index is 14.0. The smallest absolute Gasteiger partial charge is 0.415 e. The van der Waals surface area contributed by atoms with Crippen LogP contribution >= 0.6 is 0 Å². The van der Waals surface area contributed by atoms with Crippen LogP contribution in [-0.4, -0.2) is 105 Å². The summed E-state index contributed by atoms with van der Waals surface area (Å²) in [4.78, 5) is 59.5. The van der Waals surface area contributed by atoms with Gasteiger partial charge in [0.05, 0.1) is 19.7 Å². The van der Waals surface area contributed by atoms with Crippen molar-refractivity contribution in [2.45, 2.75) is 88.3 Å². The number of carbonyl (C=O) groups is 4. The number of hydrogen-bond donors (Lipinski definition) is 4. The van der Waals surface area contributed by atoms with Crippen molar-refractivity contribution in [2.75, 3.05) is 46.9 Å². The van der Waals surface area contributed by atoms with Crippen molar-refractivity contribution in [1.82, 2.24) is 20.4 Å². The van der Waals surface area contributed by atoms with E-state index in [1.807, 2.05) is 12.1 Å². The minimum Gasteiger partial charge on any atom is -0.493 e. The fourth-order valence-electron chi connectivity index (χ4n) is 8.98. The number of hydrogen-bond acceptors (Lipinski definition) is 9. The monoisotopic (exact) mass is 693 g/mol. The van der Waals surface area contributed by atoms with Crippen molar-refractivity contribution in [3.05, 3.63) is 35.1 Å². The number of piperidine rings is 2. The van der Waals surface area contributed by atoms with Gasteiger partial charge in [-0.3, -0.25) is 19.4 Å². The topological polar surface area (TPSA) is 191 Å². The lowest BCUT2D eigenvalue weighted by molar-refractivity contribution is -0.130. The number of carbonyl (C=O) groups excluding carboxylic acids is 4. The Morgan fingerprint density at radius 2 is 1.98 bits per heavy atom. The largest absolute Gasteiger partial charge is 0.493 e. The number of amides is 3. The molecule has 2 saturated heterocycles. The Balaban J connectivity index is 1.14. The van der Waals surface area contributed by atoms with Crippen LogP contribution in [0.1, 0.15) is 69.4 Å². The summed E-state index contributed by atoms with van der Waals surface area (Å²) < 4.78 is 18.8. The van der Waals surface area contributed by atoms with Crippen molar-refractivity contribution in [3.8, 4) is 11.5 Å². The van der Waals surface area contributed by atoms with Gasteiger partial charge >= 0.3 is 6.09 Å². The van der Waals surface area contributed by atoms with Gasteiger partial charge in [-0.05, 0) is 88.6 Å². The normalized spacial score (nSPS) is 26.8.